The molecule has 0 amide bonds. The highest BCUT2D eigenvalue weighted by molar-refractivity contribution is 7.78. The number of aliphatic imine (C=N–C) groups is 2. The fraction of sp³-hybridized carbons (Fsp3) is 0.500. The Bertz CT molecular complexity index is 104. The van der Waals surface area contributed by atoms with E-state index in [0.717, 1.165) is 0 Å². The number of isothiocyanates is 2. The third kappa shape index (κ3) is 46.3. The highest BCUT2D eigenvalue weighted by Crippen LogP contribution is 1.36. The first-order valence-electron chi connectivity index (χ1n) is 1.75. The first-order valence-corrected chi connectivity index (χ1v) is 2.57. The Morgan fingerprint density at radius 1 is 1.00 bits per heavy atom. The van der Waals surface area contributed by atoms with Crippen molar-refractivity contribution in [2.75, 3.05) is 14.1 Å². The summed E-state index contributed by atoms with van der Waals surface area (Å²) in [7, 11) is 3.18. The van der Waals surface area contributed by atoms with E-state index in [1.54, 1.807) is 14.1 Å². The smallest absolute Gasteiger partial charge is 0.0582 e. The molecular formula is C4H6N2S2. The van der Waals surface area contributed by atoms with Crippen LogP contribution in [0.15, 0.2) is 9.98 Å². The molecule has 0 aliphatic rings. The molecule has 0 fully saturated rings. The Morgan fingerprint density at radius 3 is 1.12 bits per heavy atom. The molecule has 0 aromatic heterocycles. The van der Waals surface area contributed by atoms with Crippen LogP contribution in [0.2, 0.25) is 0 Å². The molecule has 0 rings (SSSR count). The Hall–Kier alpha value is -0.400. The molecule has 0 atom stereocenters. The normalized spacial score (nSPS) is 4.25. The van der Waals surface area contributed by atoms with Crippen LogP contribution in [0, 0.1) is 0 Å². The lowest BCUT2D eigenvalue weighted by Gasteiger charge is -1.39. The fourth-order valence-corrected chi connectivity index (χ4v) is 0. The van der Waals surface area contributed by atoms with Gasteiger partial charge in [0.2, 0.25) is 0 Å². The van der Waals surface area contributed by atoms with Crippen molar-refractivity contribution in [3.63, 3.8) is 0 Å². The molecule has 0 bridgehead atoms. The molecule has 0 aromatic carbocycles. The Balaban J connectivity index is 0. The summed E-state index contributed by atoms with van der Waals surface area (Å²) >= 11 is 8.27. The maximum Gasteiger partial charge on any atom is 0.0582 e. The van der Waals surface area contributed by atoms with Crippen molar-refractivity contribution in [3.05, 3.63) is 0 Å². The van der Waals surface area contributed by atoms with Gasteiger partial charge in [-0.05, 0) is 24.4 Å². The molecule has 44 valence electrons. The van der Waals surface area contributed by atoms with Crippen LogP contribution in [0.4, 0.5) is 0 Å². The third-order valence-electron chi connectivity index (χ3n) is 0.183. The summed E-state index contributed by atoms with van der Waals surface area (Å²) in [4.78, 5) is 6.60. The Kier molecular flexibility index (Phi) is 21.1. The van der Waals surface area contributed by atoms with Gasteiger partial charge in [0.15, 0.2) is 0 Å². The van der Waals surface area contributed by atoms with E-state index in [1.807, 2.05) is 0 Å². The maximum absolute atomic E-state index is 4.14. The van der Waals surface area contributed by atoms with Crippen LogP contribution in [0.5, 0.6) is 0 Å². The zero-order valence-corrected chi connectivity index (χ0v) is 6.34. The van der Waals surface area contributed by atoms with E-state index in [2.05, 4.69) is 44.7 Å². The monoisotopic (exact) mass is 146 g/mol. The first kappa shape index (κ1) is 10.6. The van der Waals surface area contributed by atoms with Gasteiger partial charge in [0.25, 0.3) is 0 Å². The van der Waals surface area contributed by atoms with E-state index in [-0.39, 0.29) is 0 Å². The van der Waals surface area contributed by atoms with Gasteiger partial charge < -0.3 is 0 Å². The predicted molar refractivity (Wildman–Crippen MR) is 41.9 cm³/mol. The Morgan fingerprint density at radius 2 is 1.12 bits per heavy atom. The number of rotatable bonds is 0. The van der Waals surface area contributed by atoms with Gasteiger partial charge in [-0.3, -0.25) is 0 Å². The van der Waals surface area contributed by atoms with Gasteiger partial charge in [0.1, 0.15) is 0 Å². The molecule has 4 heteroatoms. The molecule has 0 unspecified atom stereocenters. The van der Waals surface area contributed by atoms with Crippen molar-refractivity contribution in [3.8, 4) is 0 Å². The molecular weight excluding hydrogens is 140 g/mol. The fourth-order valence-electron chi connectivity index (χ4n) is 0. The summed E-state index contributed by atoms with van der Waals surface area (Å²) in [6, 6.07) is 0. The standard InChI is InChI=1S/2C2H3NS/c2*1-3-2-4/h2*1H3. The molecule has 0 aromatic rings. The molecule has 8 heavy (non-hydrogen) atoms. The molecule has 2 nitrogen and oxygen atoms in total. The van der Waals surface area contributed by atoms with Gasteiger partial charge in [-0.2, -0.15) is 0 Å². The van der Waals surface area contributed by atoms with Gasteiger partial charge in [-0.25, -0.2) is 9.98 Å². The quantitative estimate of drug-likeness (QED) is 0.381. The topological polar surface area (TPSA) is 24.7 Å². The van der Waals surface area contributed by atoms with Crippen molar-refractivity contribution >= 4 is 34.8 Å². The summed E-state index contributed by atoms with van der Waals surface area (Å²) in [5.41, 5.74) is 0. The summed E-state index contributed by atoms with van der Waals surface area (Å²) in [6.07, 6.45) is 0. The lowest BCUT2D eigenvalue weighted by atomic mass is 11.4. The summed E-state index contributed by atoms with van der Waals surface area (Å²) in [5, 5.41) is 4.28. The lowest BCUT2D eigenvalue weighted by molar-refractivity contribution is 1.49. The van der Waals surface area contributed by atoms with Crippen LogP contribution in [0.3, 0.4) is 0 Å². The first-order chi connectivity index (χ1) is 3.83. The van der Waals surface area contributed by atoms with E-state index in [9.17, 15) is 0 Å². The van der Waals surface area contributed by atoms with Crippen molar-refractivity contribution in [2.45, 2.75) is 0 Å². The second-order valence-corrected chi connectivity index (χ2v) is 0.995. The lowest BCUT2D eigenvalue weighted by Crippen LogP contribution is -1.33. The minimum absolute atomic E-state index is 1.59. The van der Waals surface area contributed by atoms with E-state index >= 15 is 0 Å². The van der Waals surface area contributed by atoms with Crippen LogP contribution < -0.4 is 0 Å². The van der Waals surface area contributed by atoms with E-state index in [4.69, 9.17) is 0 Å². The number of thiocarbonyl (C=S) groups is 2. The van der Waals surface area contributed by atoms with Gasteiger partial charge in [-0.15, -0.1) is 0 Å². The Labute approximate surface area is 59.3 Å². The highest BCUT2D eigenvalue weighted by atomic mass is 32.1. The van der Waals surface area contributed by atoms with E-state index in [0.29, 0.717) is 0 Å². The minimum atomic E-state index is 1.59. The summed E-state index contributed by atoms with van der Waals surface area (Å²) < 4.78 is 0. The molecule has 0 N–H and O–H groups in total. The molecule has 0 spiro atoms. The van der Waals surface area contributed by atoms with Crippen LogP contribution in [0.1, 0.15) is 0 Å². The molecule has 0 aliphatic heterocycles. The van der Waals surface area contributed by atoms with Crippen LogP contribution in [-0.2, 0) is 0 Å². The van der Waals surface area contributed by atoms with E-state index < -0.39 is 0 Å². The second-order valence-electron chi connectivity index (χ2n) is 0.630. The van der Waals surface area contributed by atoms with Crippen molar-refractivity contribution in [1.29, 1.82) is 0 Å². The van der Waals surface area contributed by atoms with Crippen molar-refractivity contribution in [2.24, 2.45) is 9.98 Å². The van der Waals surface area contributed by atoms with Gasteiger partial charge in [0.05, 0.1) is 10.3 Å². The number of nitrogens with zero attached hydrogens (tertiary/aromatic N) is 2. The van der Waals surface area contributed by atoms with Gasteiger partial charge in [-0.1, -0.05) is 0 Å². The van der Waals surface area contributed by atoms with Gasteiger partial charge >= 0.3 is 0 Å². The number of hydrogen-bond acceptors (Lipinski definition) is 4. The van der Waals surface area contributed by atoms with Crippen molar-refractivity contribution < 1.29 is 0 Å². The van der Waals surface area contributed by atoms with Crippen LogP contribution >= 0.6 is 24.4 Å². The molecule has 0 radical (unpaired) electrons. The van der Waals surface area contributed by atoms with Crippen LogP contribution in [0.25, 0.3) is 0 Å². The average molecular weight is 146 g/mol. The molecule has 0 aliphatic carbocycles. The molecule has 0 heterocycles. The highest BCUT2D eigenvalue weighted by Gasteiger charge is 1.24. The third-order valence-corrected chi connectivity index (χ3v) is 0.548. The number of hydrogen-bond donors (Lipinski definition) is 0. The molecule has 0 saturated carbocycles. The molecule has 0 saturated heterocycles. The average Bonchev–Trinajstić information content (AvgIpc) is 1.88. The zero-order valence-electron chi connectivity index (χ0n) is 4.71. The van der Waals surface area contributed by atoms with E-state index in [1.165, 1.54) is 0 Å². The van der Waals surface area contributed by atoms with Gasteiger partial charge in [0, 0.05) is 14.1 Å². The predicted octanol–water partition coefficient (Wildman–Crippen LogP) is 1.44. The zero-order chi connectivity index (χ0) is 6.83. The SMILES string of the molecule is CN=C=S.CN=C=S. The van der Waals surface area contributed by atoms with Crippen molar-refractivity contribution in [1.82, 2.24) is 0 Å². The minimum Gasteiger partial charge on any atom is -0.236 e. The summed E-state index contributed by atoms with van der Waals surface area (Å²) in [6.45, 7) is 0. The van der Waals surface area contributed by atoms with Crippen LogP contribution in [-0.4, -0.2) is 24.4 Å². The maximum atomic E-state index is 4.14. The largest absolute Gasteiger partial charge is 0.236 e. The summed E-state index contributed by atoms with van der Waals surface area (Å²) in [5.74, 6) is 0. The second kappa shape index (κ2) is 16.0.